The van der Waals surface area contributed by atoms with Crippen LogP contribution in [0.4, 0.5) is 0 Å². The summed E-state index contributed by atoms with van der Waals surface area (Å²) in [6.07, 6.45) is 1.48. The highest BCUT2D eigenvalue weighted by atomic mass is 32.2. The van der Waals surface area contributed by atoms with E-state index < -0.39 is 12.0 Å². The summed E-state index contributed by atoms with van der Waals surface area (Å²) in [5.74, 6) is 0.269. The van der Waals surface area contributed by atoms with Gasteiger partial charge in [0.25, 0.3) is 0 Å². The molecule has 0 bridgehead atoms. The molecule has 5 nitrogen and oxygen atoms in total. The molecule has 0 aromatic rings. The first-order chi connectivity index (χ1) is 9.00. The zero-order valence-corrected chi connectivity index (χ0v) is 12.3. The quantitative estimate of drug-likeness (QED) is 0.807. The number of carbonyl (C=O) groups excluding carboxylic acids is 1. The van der Waals surface area contributed by atoms with Crippen LogP contribution in [0.2, 0.25) is 0 Å². The van der Waals surface area contributed by atoms with Gasteiger partial charge in [-0.3, -0.25) is 4.79 Å². The van der Waals surface area contributed by atoms with Crippen molar-refractivity contribution >= 4 is 23.6 Å². The Hall–Kier alpha value is -0.750. The Morgan fingerprint density at radius 1 is 1.47 bits per heavy atom. The monoisotopic (exact) mass is 286 g/mol. The number of amides is 1. The minimum absolute atomic E-state index is 0.00274. The molecule has 0 saturated carbocycles. The fourth-order valence-electron chi connectivity index (χ4n) is 2.79. The maximum Gasteiger partial charge on any atom is 0.327 e. The Morgan fingerprint density at radius 2 is 2.21 bits per heavy atom. The van der Waals surface area contributed by atoms with E-state index in [9.17, 15) is 14.7 Å². The number of carbonyl (C=O) groups is 2. The number of hydrogen-bond donors (Lipinski definition) is 2. The minimum atomic E-state index is -0.881. The number of hydrogen-bond acceptors (Lipinski definition) is 4. The molecule has 3 unspecified atom stereocenters. The Kier molecular flexibility index (Phi) is 4.73. The molecule has 2 N–H and O–H groups in total. The molecule has 2 aliphatic rings. The van der Waals surface area contributed by atoms with E-state index in [-0.39, 0.29) is 17.2 Å². The first-order valence-corrected chi connectivity index (χ1v) is 7.92. The largest absolute Gasteiger partial charge is 0.480 e. The zero-order chi connectivity index (χ0) is 14.0. The number of nitrogens with zero attached hydrogens (tertiary/aromatic N) is 1. The molecule has 0 aromatic carbocycles. The maximum absolute atomic E-state index is 12.5. The van der Waals surface area contributed by atoms with Gasteiger partial charge < -0.3 is 15.3 Å². The van der Waals surface area contributed by atoms with Crippen molar-refractivity contribution in [3.8, 4) is 0 Å². The van der Waals surface area contributed by atoms with Crippen molar-refractivity contribution in [2.45, 2.75) is 38.1 Å². The molecule has 2 heterocycles. The number of carboxylic acid groups (broad SMARTS) is 1. The average molecular weight is 286 g/mol. The van der Waals surface area contributed by atoms with E-state index in [4.69, 9.17) is 0 Å². The number of rotatable bonds is 4. The third-order valence-electron chi connectivity index (χ3n) is 3.80. The van der Waals surface area contributed by atoms with Crippen molar-refractivity contribution < 1.29 is 14.7 Å². The van der Waals surface area contributed by atoms with Crippen molar-refractivity contribution in [1.29, 1.82) is 0 Å². The highest BCUT2D eigenvalue weighted by Crippen LogP contribution is 2.35. The van der Waals surface area contributed by atoms with Crippen molar-refractivity contribution in [1.82, 2.24) is 10.2 Å². The van der Waals surface area contributed by atoms with Gasteiger partial charge in [0, 0.05) is 12.2 Å². The number of nitrogens with one attached hydrogen (secondary N) is 1. The second-order valence-corrected chi connectivity index (χ2v) is 6.84. The lowest BCUT2D eigenvalue weighted by Crippen LogP contribution is -2.47. The summed E-state index contributed by atoms with van der Waals surface area (Å²) >= 11 is 1.59. The lowest BCUT2D eigenvalue weighted by Gasteiger charge is -2.30. The summed E-state index contributed by atoms with van der Waals surface area (Å²) in [6, 6.07) is -0.653. The maximum atomic E-state index is 12.5. The van der Waals surface area contributed by atoms with Crippen LogP contribution in [0.1, 0.15) is 26.7 Å². The topological polar surface area (TPSA) is 69.6 Å². The molecule has 0 spiro atoms. The molecule has 3 atom stereocenters. The molecule has 2 saturated heterocycles. The average Bonchev–Trinajstić information content (AvgIpc) is 2.95. The molecule has 108 valence electrons. The highest BCUT2D eigenvalue weighted by Gasteiger charge is 2.43. The molecule has 2 aliphatic heterocycles. The van der Waals surface area contributed by atoms with E-state index in [0.717, 1.165) is 19.5 Å². The molecule has 0 aliphatic carbocycles. The second-order valence-electron chi connectivity index (χ2n) is 5.69. The molecule has 2 fully saturated rings. The first kappa shape index (κ1) is 14.7. The molecular formula is C13H22N2O3S. The number of thioether (sulfide) groups is 1. The van der Waals surface area contributed by atoms with Gasteiger partial charge in [-0.1, -0.05) is 13.8 Å². The van der Waals surface area contributed by atoms with Gasteiger partial charge in [-0.15, -0.1) is 11.8 Å². The van der Waals surface area contributed by atoms with Crippen LogP contribution in [0.15, 0.2) is 0 Å². The molecule has 0 radical (unpaired) electrons. The summed E-state index contributed by atoms with van der Waals surface area (Å²) in [5, 5.41) is 12.5. The predicted octanol–water partition coefficient (Wildman–Crippen LogP) is 0.997. The zero-order valence-electron chi connectivity index (χ0n) is 11.5. The van der Waals surface area contributed by atoms with Gasteiger partial charge in [0.1, 0.15) is 6.04 Å². The predicted molar refractivity (Wildman–Crippen MR) is 74.9 cm³/mol. The van der Waals surface area contributed by atoms with E-state index in [2.05, 4.69) is 5.32 Å². The van der Waals surface area contributed by atoms with Crippen LogP contribution < -0.4 is 5.32 Å². The van der Waals surface area contributed by atoms with Crippen LogP contribution in [0.25, 0.3) is 0 Å². The third-order valence-corrected chi connectivity index (χ3v) is 5.42. The van der Waals surface area contributed by atoms with Gasteiger partial charge in [0.05, 0.1) is 5.37 Å². The van der Waals surface area contributed by atoms with Gasteiger partial charge in [0.2, 0.25) is 5.91 Å². The molecule has 0 aromatic heterocycles. The van der Waals surface area contributed by atoms with Gasteiger partial charge in [0.15, 0.2) is 0 Å². The van der Waals surface area contributed by atoms with E-state index >= 15 is 0 Å². The summed E-state index contributed by atoms with van der Waals surface area (Å²) in [4.78, 5) is 25.4. The lowest BCUT2D eigenvalue weighted by atomic mass is 10.0. The van der Waals surface area contributed by atoms with Gasteiger partial charge in [-0.2, -0.15) is 0 Å². The minimum Gasteiger partial charge on any atom is -0.480 e. The van der Waals surface area contributed by atoms with E-state index in [1.807, 2.05) is 13.8 Å². The fraction of sp³-hybridized carbons (Fsp3) is 0.846. The second kappa shape index (κ2) is 6.13. The van der Waals surface area contributed by atoms with Gasteiger partial charge in [-0.25, -0.2) is 4.79 Å². The summed E-state index contributed by atoms with van der Waals surface area (Å²) in [5.41, 5.74) is 0. The normalized spacial score (nSPS) is 31.1. The Balaban J connectivity index is 2.06. The van der Waals surface area contributed by atoms with Crippen LogP contribution in [-0.2, 0) is 9.59 Å². The molecule has 6 heteroatoms. The van der Waals surface area contributed by atoms with Crippen LogP contribution >= 0.6 is 11.8 Å². The lowest BCUT2D eigenvalue weighted by molar-refractivity contribution is -0.149. The van der Waals surface area contributed by atoms with Crippen molar-refractivity contribution in [3.05, 3.63) is 0 Å². The highest BCUT2D eigenvalue weighted by molar-refractivity contribution is 8.00. The Labute approximate surface area is 118 Å². The van der Waals surface area contributed by atoms with Crippen molar-refractivity contribution in [2.75, 3.05) is 18.8 Å². The van der Waals surface area contributed by atoms with Crippen molar-refractivity contribution in [2.24, 2.45) is 11.8 Å². The number of carboxylic acids is 1. The first-order valence-electron chi connectivity index (χ1n) is 6.87. The number of aliphatic carboxylic acids is 1. The van der Waals surface area contributed by atoms with Crippen LogP contribution in [0, 0.1) is 11.8 Å². The van der Waals surface area contributed by atoms with E-state index in [1.54, 1.807) is 16.7 Å². The molecular weight excluding hydrogens is 264 g/mol. The fourth-order valence-corrected chi connectivity index (χ4v) is 4.28. The molecule has 19 heavy (non-hydrogen) atoms. The summed E-state index contributed by atoms with van der Waals surface area (Å²) in [6.45, 7) is 5.91. The standard InChI is InChI=1S/C13H22N2O3S/c1-8(2)12-15(10(7-19-12)13(17)18)11(16)5-9-3-4-14-6-9/h8-10,12,14H,3-7H2,1-2H3,(H,17,18). The summed E-state index contributed by atoms with van der Waals surface area (Å²) < 4.78 is 0. The Morgan fingerprint density at radius 3 is 2.74 bits per heavy atom. The van der Waals surface area contributed by atoms with Crippen LogP contribution in [0.3, 0.4) is 0 Å². The third kappa shape index (κ3) is 3.23. The smallest absolute Gasteiger partial charge is 0.327 e. The Bertz CT molecular complexity index is 356. The molecule has 1 amide bonds. The van der Waals surface area contributed by atoms with E-state index in [0.29, 0.717) is 18.1 Å². The SMILES string of the molecule is CC(C)C1SCC(C(=O)O)N1C(=O)CC1CCNC1. The van der Waals surface area contributed by atoms with Crippen LogP contribution in [0.5, 0.6) is 0 Å². The van der Waals surface area contributed by atoms with Crippen LogP contribution in [-0.4, -0.2) is 52.1 Å². The summed E-state index contributed by atoms with van der Waals surface area (Å²) in [7, 11) is 0. The van der Waals surface area contributed by atoms with Gasteiger partial charge >= 0.3 is 5.97 Å². The van der Waals surface area contributed by atoms with Crippen molar-refractivity contribution in [3.63, 3.8) is 0 Å². The van der Waals surface area contributed by atoms with E-state index in [1.165, 1.54) is 0 Å². The van der Waals surface area contributed by atoms with Gasteiger partial charge in [-0.05, 0) is 31.3 Å². The molecule has 2 rings (SSSR count).